The molecule has 1 aromatic heterocycles. The average Bonchev–Trinajstić information content (AvgIpc) is 2.92. The van der Waals surface area contributed by atoms with E-state index in [2.05, 4.69) is 0 Å². The van der Waals surface area contributed by atoms with E-state index < -0.39 is 10.8 Å². The highest BCUT2D eigenvalue weighted by Crippen LogP contribution is 2.29. The van der Waals surface area contributed by atoms with Crippen LogP contribution in [0.5, 0.6) is 0 Å². The molecule has 0 bridgehead atoms. The van der Waals surface area contributed by atoms with Crippen molar-refractivity contribution in [1.29, 1.82) is 5.26 Å². The Bertz CT molecular complexity index is 828. The number of benzene rings is 1. The van der Waals surface area contributed by atoms with Gasteiger partial charge in [-0.15, -0.1) is 0 Å². The molecular weight excluding hydrogens is 286 g/mol. The Balaban J connectivity index is 2.39. The van der Waals surface area contributed by atoms with E-state index in [0.717, 1.165) is 0 Å². The van der Waals surface area contributed by atoms with Crippen LogP contribution in [0.2, 0.25) is 0 Å². The molecule has 22 heavy (non-hydrogen) atoms. The second kappa shape index (κ2) is 5.93. The van der Waals surface area contributed by atoms with Crippen LogP contribution in [0.3, 0.4) is 0 Å². The van der Waals surface area contributed by atoms with Gasteiger partial charge in [0.2, 0.25) is 0 Å². The molecule has 0 unspecified atom stereocenters. The SMILES string of the molecule is Cc1cc([N+](=O)[O-])ccc1-c1ccc(/C=C(/C#N)C(N)=O)o1. The highest BCUT2D eigenvalue weighted by Gasteiger charge is 2.12. The molecule has 110 valence electrons. The smallest absolute Gasteiger partial charge is 0.269 e. The van der Waals surface area contributed by atoms with Gasteiger partial charge in [0.25, 0.3) is 11.6 Å². The maximum atomic E-state index is 11.0. The maximum Gasteiger partial charge on any atom is 0.269 e. The van der Waals surface area contributed by atoms with Crippen molar-refractivity contribution in [2.45, 2.75) is 6.92 Å². The van der Waals surface area contributed by atoms with Gasteiger partial charge in [0.15, 0.2) is 0 Å². The van der Waals surface area contributed by atoms with Gasteiger partial charge < -0.3 is 10.2 Å². The van der Waals surface area contributed by atoms with Crippen LogP contribution in [0, 0.1) is 28.4 Å². The Morgan fingerprint density at radius 2 is 2.14 bits per heavy atom. The molecule has 1 amide bonds. The number of hydrogen-bond donors (Lipinski definition) is 1. The molecule has 0 aliphatic heterocycles. The summed E-state index contributed by atoms with van der Waals surface area (Å²) in [7, 11) is 0. The summed E-state index contributed by atoms with van der Waals surface area (Å²) in [5, 5.41) is 19.5. The number of rotatable bonds is 4. The van der Waals surface area contributed by atoms with Gasteiger partial charge in [0.1, 0.15) is 23.2 Å². The van der Waals surface area contributed by atoms with E-state index in [0.29, 0.717) is 22.6 Å². The fraction of sp³-hybridized carbons (Fsp3) is 0.0667. The number of carbonyl (C=O) groups excluding carboxylic acids is 1. The van der Waals surface area contributed by atoms with Crippen LogP contribution in [0.1, 0.15) is 11.3 Å². The molecule has 1 heterocycles. The summed E-state index contributed by atoms with van der Waals surface area (Å²) >= 11 is 0. The Labute approximate surface area is 125 Å². The summed E-state index contributed by atoms with van der Waals surface area (Å²) in [6.45, 7) is 1.73. The Kier molecular flexibility index (Phi) is 4.04. The quantitative estimate of drug-likeness (QED) is 0.402. The van der Waals surface area contributed by atoms with Crippen molar-refractivity contribution in [3.8, 4) is 17.4 Å². The summed E-state index contributed by atoms with van der Waals surface area (Å²) in [6, 6.07) is 9.31. The summed E-state index contributed by atoms with van der Waals surface area (Å²) in [5.41, 5.74) is 6.18. The minimum Gasteiger partial charge on any atom is -0.457 e. The molecule has 0 atom stereocenters. The second-order valence-electron chi connectivity index (χ2n) is 4.49. The molecule has 0 aliphatic rings. The molecule has 0 aliphatic carbocycles. The predicted molar refractivity (Wildman–Crippen MR) is 78.3 cm³/mol. The first-order valence-corrected chi connectivity index (χ1v) is 6.19. The zero-order chi connectivity index (χ0) is 16.3. The van der Waals surface area contributed by atoms with Crippen molar-refractivity contribution in [1.82, 2.24) is 0 Å². The molecule has 7 nitrogen and oxygen atoms in total. The van der Waals surface area contributed by atoms with Crippen LogP contribution >= 0.6 is 0 Å². The predicted octanol–water partition coefficient (Wildman–Crippen LogP) is 2.56. The maximum absolute atomic E-state index is 11.0. The number of nitrogens with zero attached hydrogens (tertiary/aromatic N) is 2. The Morgan fingerprint density at radius 3 is 2.68 bits per heavy atom. The summed E-state index contributed by atoms with van der Waals surface area (Å²) in [6.07, 6.45) is 1.24. The number of nitriles is 1. The third-order valence-corrected chi connectivity index (χ3v) is 2.99. The van der Waals surface area contributed by atoms with Gasteiger partial charge in [0.05, 0.1) is 4.92 Å². The van der Waals surface area contributed by atoms with Crippen LogP contribution in [-0.4, -0.2) is 10.8 Å². The first kappa shape index (κ1) is 15.0. The van der Waals surface area contributed by atoms with Gasteiger partial charge in [-0.2, -0.15) is 5.26 Å². The van der Waals surface area contributed by atoms with E-state index in [1.165, 1.54) is 18.2 Å². The van der Waals surface area contributed by atoms with Crippen LogP contribution in [0.15, 0.2) is 40.3 Å². The number of non-ortho nitro benzene ring substituents is 1. The number of nitro benzene ring substituents is 1. The molecule has 0 radical (unpaired) electrons. The monoisotopic (exact) mass is 297 g/mol. The van der Waals surface area contributed by atoms with Gasteiger partial charge in [-0.3, -0.25) is 14.9 Å². The van der Waals surface area contributed by atoms with Crippen LogP contribution in [0.4, 0.5) is 5.69 Å². The Morgan fingerprint density at radius 1 is 1.41 bits per heavy atom. The zero-order valence-corrected chi connectivity index (χ0v) is 11.6. The van der Waals surface area contributed by atoms with Crippen molar-refractivity contribution < 1.29 is 14.1 Å². The zero-order valence-electron chi connectivity index (χ0n) is 11.6. The lowest BCUT2D eigenvalue weighted by Gasteiger charge is -2.02. The highest BCUT2D eigenvalue weighted by molar-refractivity contribution is 6.00. The van der Waals surface area contributed by atoms with Crippen molar-refractivity contribution in [2.75, 3.05) is 0 Å². The minimum atomic E-state index is -0.841. The Hall–Kier alpha value is -3.40. The lowest BCUT2D eigenvalue weighted by Crippen LogP contribution is -2.12. The standard InChI is InChI=1S/C15H11N3O4/c1-9-6-11(18(20)21)2-4-13(9)14-5-3-12(22-14)7-10(8-16)15(17)19/h2-7H,1H3,(H2,17,19)/b10-7-. The van der Waals surface area contributed by atoms with E-state index >= 15 is 0 Å². The number of nitrogens with two attached hydrogens (primary N) is 1. The van der Waals surface area contributed by atoms with Crippen molar-refractivity contribution in [3.05, 3.63) is 57.3 Å². The lowest BCUT2D eigenvalue weighted by atomic mass is 10.1. The summed E-state index contributed by atoms with van der Waals surface area (Å²) in [5.74, 6) is -0.0736. The first-order valence-electron chi connectivity index (χ1n) is 6.19. The third-order valence-electron chi connectivity index (χ3n) is 2.99. The molecule has 0 spiro atoms. The van der Waals surface area contributed by atoms with E-state index in [-0.39, 0.29) is 11.3 Å². The van der Waals surface area contributed by atoms with E-state index in [9.17, 15) is 14.9 Å². The molecule has 7 heteroatoms. The van der Waals surface area contributed by atoms with Gasteiger partial charge in [-0.1, -0.05) is 0 Å². The minimum absolute atomic E-state index is 0.00609. The number of primary amides is 1. The number of hydrogen-bond acceptors (Lipinski definition) is 5. The molecule has 2 rings (SSSR count). The van der Waals surface area contributed by atoms with Crippen molar-refractivity contribution in [2.24, 2.45) is 5.73 Å². The van der Waals surface area contributed by atoms with Gasteiger partial charge in [0, 0.05) is 23.8 Å². The van der Waals surface area contributed by atoms with Crippen molar-refractivity contribution in [3.63, 3.8) is 0 Å². The largest absolute Gasteiger partial charge is 0.457 e. The number of carbonyl (C=O) groups is 1. The van der Waals surface area contributed by atoms with Crippen LogP contribution < -0.4 is 5.73 Å². The lowest BCUT2D eigenvalue weighted by molar-refractivity contribution is -0.384. The molecule has 0 saturated carbocycles. The molecule has 0 fully saturated rings. The first-order chi connectivity index (χ1) is 10.4. The number of aryl methyl sites for hydroxylation is 1. The van der Waals surface area contributed by atoms with E-state index in [1.54, 1.807) is 31.2 Å². The fourth-order valence-electron chi connectivity index (χ4n) is 1.91. The average molecular weight is 297 g/mol. The molecule has 2 aromatic rings. The molecule has 0 saturated heterocycles. The number of nitro groups is 1. The second-order valence-corrected chi connectivity index (χ2v) is 4.49. The van der Waals surface area contributed by atoms with Gasteiger partial charge in [-0.05, 0) is 30.7 Å². The summed E-state index contributed by atoms with van der Waals surface area (Å²) in [4.78, 5) is 21.2. The molecular formula is C15H11N3O4. The van der Waals surface area contributed by atoms with Crippen molar-refractivity contribution >= 4 is 17.7 Å². The van der Waals surface area contributed by atoms with E-state index in [1.807, 2.05) is 0 Å². The topological polar surface area (TPSA) is 123 Å². The van der Waals surface area contributed by atoms with Gasteiger partial charge in [-0.25, -0.2) is 0 Å². The van der Waals surface area contributed by atoms with E-state index in [4.69, 9.17) is 15.4 Å². The van der Waals surface area contributed by atoms with Crippen LogP contribution in [0.25, 0.3) is 17.4 Å². The number of furan rings is 1. The molecule has 1 aromatic carbocycles. The number of amides is 1. The fourth-order valence-corrected chi connectivity index (χ4v) is 1.91. The van der Waals surface area contributed by atoms with Gasteiger partial charge >= 0.3 is 0 Å². The van der Waals surface area contributed by atoms with Crippen LogP contribution in [-0.2, 0) is 4.79 Å². The summed E-state index contributed by atoms with van der Waals surface area (Å²) < 4.78 is 5.53. The third kappa shape index (κ3) is 3.02. The molecule has 2 N–H and O–H groups in total. The highest BCUT2D eigenvalue weighted by atomic mass is 16.6. The normalized spacial score (nSPS) is 11.0.